The first kappa shape index (κ1) is 19.5. The van der Waals surface area contributed by atoms with Crippen molar-refractivity contribution < 1.29 is 14.4 Å². The second kappa shape index (κ2) is 7.99. The van der Waals surface area contributed by atoms with Gasteiger partial charge in [-0.2, -0.15) is 5.10 Å². The summed E-state index contributed by atoms with van der Waals surface area (Å²) in [5.74, 6) is -1.34. The summed E-state index contributed by atoms with van der Waals surface area (Å²) in [5, 5.41) is 11.6. The van der Waals surface area contributed by atoms with Crippen LogP contribution in [0.15, 0.2) is 48.1 Å². The molecule has 1 aromatic carbocycles. The molecule has 0 saturated carbocycles. The van der Waals surface area contributed by atoms with Gasteiger partial charge >= 0.3 is 11.8 Å². The second-order valence-electron chi connectivity index (χ2n) is 7.65. The van der Waals surface area contributed by atoms with E-state index in [9.17, 15) is 14.4 Å². The fourth-order valence-electron chi connectivity index (χ4n) is 4.28. The number of hydrogen-bond donors (Lipinski definition) is 2. The van der Waals surface area contributed by atoms with E-state index in [4.69, 9.17) is 0 Å². The highest BCUT2D eigenvalue weighted by Gasteiger charge is 2.32. The normalized spacial score (nSPS) is 15.5. The molecule has 5 rings (SSSR count). The molecular formula is C22H21N5O3S. The van der Waals surface area contributed by atoms with Crippen molar-refractivity contribution in [1.29, 1.82) is 0 Å². The van der Waals surface area contributed by atoms with Gasteiger partial charge in [-0.05, 0) is 53.6 Å². The first-order valence-corrected chi connectivity index (χ1v) is 11.1. The predicted octanol–water partition coefficient (Wildman–Crippen LogP) is 2.12. The maximum absolute atomic E-state index is 12.5. The summed E-state index contributed by atoms with van der Waals surface area (Å²) in [6.07, 6.45) is 5.60. The average Bonchev–Trinajstić information content (AvgIpc) is 3.52. The van der Waals surface area contributed by atoms with Crippen LogP contribution in [0.3, 0.4) is 0 Å². The van der Waals surface area contributed by atoms with Gasteiger partial charge in [0, 0.05) is 36.0 Å². The van der Waals surface area contributed by atoms with Gasteiger partial charge in [-0.15, -0.1) is 11.3 Å². The molecule has 1 atom stereocenters. The molecule has 2 aliphatic heterocycles. The van der Waals surface area contributed by atoms with Gasteiger partial charge < -0.3 is 15.5 Å². The van der Waals surface area contributed by atoms with E-state index in [1.54, 1.807) is 28.3 Å². The molecular weight excluding hydrogens is 414 g/mol. The summed E-state index contributed by atoms with van der Waals surface area (Å²) in [6.45, 7) is 0.988. The number of hydrogen-bond acceptors (Lipinski definition) is 5. The van der Waals surface area contributed by atoms with Crippen molar-refractivity contribution in [3.8, 4) is 0 Å². The second-order valence-corrected chi connectivity index (χ2v) is 8.63. The minimum absolute atomic E-state index is 0.0930. The van der Waals surface area contributed by atoms with Crippen LogP contribution in [0, 0.1) is 0 Å². The zero-order chi connectivity index (χ0) is 21.4. The van der Waals surface area contributed by atoms with Crippen molar-refractivity contribution in [2.24, 2.45) is 0 Å². The highest BCUT2D eigenvalue weighted by Crippen LogP contribution is 2.38. The third kappa shape index (κ3) is 3.72. The molecule has 8 nitrogen and oxygen atoms in total. The smallest absolute Gasteiger partial charge is 0.313 e. The molecule has 1 unspecified atom stereocenters. The predicted molar refractivity (Wildman–Crippen MR) is 117 cm³/mol. The first-order valence-electron chi connectivity index (χ1n) is 10.2. The van der Waals surface area contributed by atoms with Crippen LogP contribution in [0.1, 0.15) is 28.5 Å². The number of aryl methyl sites for hydroxylation is 1. The van der Waals surface area contributed by atoms with E-state index in [1.165, 1.54) is 0 Å². The van der Waals surface area contributed by atoms with Crippen molar-refractivity contribution in [1.82, 2.24) is 15.1 Å². The Labute approximate surface area is 182 Å². The van der Waals surface area contributed by atoms with Gasteiger partial charge in [-0.25, -0.2) is 0 Å². The number of nitrogens with one attached hydrogen (secondary N) is 2. The van der Waals surface area contributed by atoms with Crippen LogP contribution in [0.2, 0.25) is 0 Å². The van der Waals surface area contributed by atoms with Crippen LogP contribution < -0.4 is 15.5 Å². The number of carbonyl (C=O) groups is 3. The van der Waals surface area contributed by atoms with Gasteiger partial charge in [0.1, 0.15) is 6.04 Å². The number of carbonyl (C=O) groups excluding carboxylic acids is 3. The molecule has 3 aromatic rings. The summed E-state index contributed by atoms with van der Waals surface area (Å²) in [5.41, 5.74) is 3.49. The molecule has 2 N–H and O–H groups in total. The van der Waals surface area contributed by atoms with Gasteiger partial charge in [0.2, 0.25) is 5.91 Å². The summed E-state index contributed by atoms with van der Waals surface area (Å²) >= 11 is 1.57. The van der Waals surface area contributed by atoms with Crippen molar-refractivity contribution in [3.05, 3.63) is 64.1 Å². The zero-order valence-electron chi connectivity index (χ0n) is 16.7. The third-order valence-corrected chi connectivity index (χ3v) is 6.62. The number of rotatable bonds is 5. The van der Waals surface area contributed by atoms with Gasteiger partial charge in [0.05, 0.1) is 12.1 Å². The number of anilines is 2. The SMILES string of the molecule is O=C(NCC(c1cccs1)n1cccn1)C(=O)Nc1cc2c3c(c1)CC(=O)N3CCC2. The third-order valence-electron chi connectivity index (χ3n) is 5.64. The van der Waals surface area contributed by atoms with Crippen LogP contribution in [0.25, 0.3) is 0 Å². The van der Waals surface area contributed by atoms with E-state index in [-0.39, 0.29) is 18.5 Å². The standard InChI is InChI=1S/C22H21N5O3S/c28-19-12-15-11-16(10-14-4-1-7-26(19)20(14)15)25-22(30)21(29)23-13-17(18-5-2-9-31-18)27-8-3-6-24-27/h2-3,5-6,8-11,17H,1,4,7,12-13H2,(H,23,29)(H,25,30). The van der Waals surface area contributed by atoms with E-state index < -0.39 is 11.8 Å². The molecule has 2 aromatic heterocycles. The Morgan fingerprint density at radius 2 is 2.06 bits per heavy atom. The van der Waals surface area contributed by atoms with Gasteiger partial charge in [-0.1, -0.05) is 6.07 Å². The molecule has 3 amide bonds. The Morgan fingerprint density at radius 3 is 2.84 bits per heavy atom. The van der Waals surface area contributed by atoms with E-state index in [2.05, 4.69) is 15.7 Å². The maximum Gasteiger partial charge on any atom is 0.313 e. The fraction of sp³-hybridized carbons (Fsp3) is 0.273. The lowest BCUT2D eigenvalue weighted by atomic mass is 9.99. The summed E-state index contributed by atoms with van der Waals surface area (Å²) in [7, 11) is 0. The Hall–Kier alpha value is -3.46. The lowest BCUT2D eigenvalue weighted by molar-refractivity contribution is -0.136. The van der Waals surface area contributed by atoms with E-state index in [0.717, 1.165) is 41.1 Å². The Bertz CT molecular complexity index is 1110. The lowest BCUT2D eigenvalue weighted by Gasteiger charge is -2.26. The molecule has 0 spiro atoms. The quantitative estimate of drug-likeness (QED) is 0.600. The Balaban J connectivity index is 1.27. The van der Waals surface area contributed by atoms with E-state index in [0.29, 0.717) is 12.1 Å². The molecule has 4 heterocycles. The van der Waals surface area contributed by atoms with Gasteiger partial charge in [-0.3, -0.25) is 19.1 Å². The number of benzene rings is 1. The van der Waals surface area contributed by atoms with Crippen LogP contribution in [-0.4, -0.2) is 40.6 Å². The molecule has 2 aliphatic rings. The molecule has 0 saturated heterocycles. The zero-order valence-corrected chi connectivity index (χ0v) is 17.5. The monoisotopic (exact) mass is 435 g/mol. The van der Waals surface area contributed by atoms with Crippen molar-refractivity contribution in [3.63, 3.8) is 0 Å². The molecule has 0 radical (unpaired) electrons. The number of thiophene rings is 1. The van der Waals surface area contributed by atoms with Crippen molar-refractivity contribution in [2.75, 3.05) is 23.3 Å². The minimum atomic E-state index is -0.727. The van der Waals surface area contributed by atoms with Crippen LogP contribution >= 0.6 is 11.3 Å². The number of aromatic nitrogens is 2. The number of amides is 3. The molecule has 158 valence electrons. The molecule has 0 aliphatic carbocycles. The van der Waals surface area contributed by atoms with E-state index in [1.807, 2.05) is 40.7 Å². The largest absolute Gasteiger partial charge is 0.345 e. The lowest BCUT2D eigenvalue weighted by Crippen LogP contribution is -2.38. The Morgan fingerprint density at radius 1 is 1.19 bits per heavy atom. The van der Waals surface area contributed by atoms with Crippen LogP contribution in [0.4, 0.5) is 11.4 Å². The van der Waals surface area contributed by atoms with Crippen molar-refractivity contribution in [2.45, 2.75) is 25.3 Å². The van der Waals surface area contributed by atoms with Gasteiger partial charge in [0.25, 0.3) is 0 Å². The summed E-state index contributed by atoms with van der Waals surface area (Å²) in [4.78, 5) is 40.1. The highest BCUT2D eigenvalue weighted by molar-refractivity contribution is 7.10. The maximum atomic E-state index is 12.5. The summed E-state index contributed by atoms with van der Waals surface area (Å²) < 4.78 is 1.76. The summed E-state index contributed by atoms with van der Waals surface area (Å²) in [6, 6.07) is 9.22. The van der Waals surface area contributed by atoms with Crippen LogP contribution in [0.5, 0.6) is 0 Å². The highest BCUT2D eigenvalue weighted by atomic mass is 32.1. The molecule has 0 fully saturated rings. The molecule has 31 heavy (non-hydrogen) atoms. The van der Waals surface area contributed by atoms with Crippen LogP contribution in [-0.2, 0) is 27.2 Å². The topological polar surface area (TPSA) is 96.3 Å². The number of nitrogens with zero attached hydrogens (tertiary/aromatic N) is 3. The average molecular weight is 436 g/mol. The van der Waals surface area contributed by atoms with E-state index >= 15 is 0 Å². The minimum Gasteiger partial charge on any atom is -0.345 e. The molecule has 9 heteroatoms. The molecule has 0 bridgehead atoms. The first-order chi connectivity index (χ1) is 15.1. The van der Waals surface area contributed by atoms with Crippen molar-refractivity contribution >= 4 is 40.4 Å². The Kier molecular flexibility index (Phi) is 5.03. The van der Waals surface area contributed by atoms with Gasteiger partial charge in [0.15, 0.2) is 0 Å². The fourth-order valence-corrected chi connectivity index (χ4v) is 5.10.